The first-order valence-electron chi connectivity index (χ1n) is 12.9. The van der Waals surface area contributed by atoms with Crippen LogP contribution in [0.3, 0.4) is 0 Å². The molecule has 1 fully saturated rings. The number of nitrogens with zero attached hydrogens (tertiary/aromatic N) is 2. The average molecular weight is 477 g/mol. The van der Waals surface area contributed by atoms with E-state index in [0.29, 0.717) is 25.6 Å². The van der Waals surface area contributed by atoms with Crippen molar-refractivity contribution >= 4 is 16.6 Å². The van der Waals surface area contributed by atoms with E-state index in [0.717, 1.165) is 31.6 Å². The van der Waals surface area contributed by atoms with Gasteiger partial charge in [-0.1, -0.05) is 36.4 Å². The topological polar surface area (TPSA) is 54.5 Å². The van der Waals surface area contributed by atoms with Crippen molar-refractivity contribution < 1.29 is 9.50 Å². The molecule has 3 N–H and O–H groups in total. The van der Waals surface area contributed by atoms with Gasteiger partial charge in [-0.25, -0.2) is 0 Å². The molecule has 5 rings (SSSR count). The van der Waals surface area contributed by atoms with Crippen molar-refractivity contribution in [3.8, 4) is 0 Å². The van der Waals surface area contributed by atoms with Gasteiger partial charge in [-0.15, -0.1) is 6.58 Å². The third kappa shape index (κ3) is 4.88. The summed E-state index contributed by atoms with van der Waals surface area (Å²) in [6, 6.07) is 17.8. The largest absolute Gasteiger partial charge is 0.390 e. The van der Waals surface area contributed by atoms with Gasteiger partial charge in [0.1, 0.15) is 0 Å². The molecule has 0 amide bonds. The maximum absolute atomic E-state index is 12.5. The van der Waals surface area contributed by atoms with Crippen LogP contribution in [-0.2, 0) is 6.42 Å². The van der Waals surface area contributed by atoms with Crippen molar-refractivity contribution in [1.82, 2.24) is 14.8 Å². The first kappa shape index (κ1) is 24.0. The number of aromatic amines is 1. The van der Waals surface area contributed by atoms with Crippen LogP contribution in [-0.4, -0.2) is 70.9 Å². The summed E-state index contributed by atoms with van der Waals surface area (Å²) >= 11 is 0. The van der Waals surface area contributed by atoms with Gasteiger partial charge < -0.3 is 15.4 Å². The molecule has 6 heteroatoms. The summed E-state index contributed by atoms with van der Waals surface area (Å²) in [6.07, 6.45) is 4.06. The summed E-state index contributed by atoms with van der Waals surface area (Å²) in [5.41, 5.74) is 6.19. The number of rotatable bonds is 9. The van der Waals surface area contributed by atoms with Crippen LogP contribution < -0.4 is 5.32 Å². The Morgan fingerprint density at radius 3 is 2.71 bits per heavy atom. The standard InChI is InChI=1S/C29H37FN4O/c1-3-4-16-34-20(2)17-24-23-8-5-6-9-25(23)32-28(24)29(34)21-10-12-22(13-11-21)31-26-18-33(15-7-14-30)19-27(26)35/h3,5-6,8-13,20,26-27,29,31-32,35H,1,4,7,14-19H2,2H3/t20-,26-,27+,29-/m1/s1. The monoisotopic (exact) mass is 476 g/mol. The van der Waals surface area contributed by atoms with Gasteiger partial charge in [-0.2, -0.15) is 0 Å². The summed E-state index contributed by atoms with van der Waals surface area (Å²) in [5, 5.41) is 15.3. The summed E-state index contributed by atoms with van der Waals surface area (Å²) < 4.78 is 12.5. The van der Waals surface area contributed by atoms with Crippen LogP contribution in [0.15, 0.2) is 61.2 Å². The first-order valence-corrected chi connectivity index (χ1v) is 12.9. The molecule has 0 aliphatic carbocycles. The fourth-order valence-electron chi connectivity index (χ4n) is 5.90. The fraction of sp³-hybridized carbons (Fsp3) is 0.448. The second-order valence-electron chi connectivity index (χ2n) is 10.1. The molecule has 0 spiro atoms. The van der Waals surface area contributed by atoms with E-state index in [9.17, 15) is 9.50 Å². The maximum Gasteiger partial charge on any atom is 0.0906 e. The highest BCUT2D eigenvalue weighted by molar-refractivity contribution is 5.85. The Bertz CT molecular complexity index is 1140. The third-order valence-corrected chi connectivity index (χ3v) is 7.66. The van der Waals surface area contributed by atoms with Gasteiger partial charge in [-0.05, 0) is 55.5 Å². The Hall–Kier alpha value is -2.67. The molecule has 2 aromatic carbocycles. The summed E-state index contributed by atoms with van der Waals surface area (Å²) in [7, 11) is 0. The number of H-pyrrole nitrogens is 1. The zero-order valence-electron chi connectivity index (χ0n) is 20.6. The van der Waals surface area contributed by atoms with Gasteiger partial charge in [0.2, 0.25) is 0 Å². The molecule has 2 aliphatic heterocycles. The smallest absolute Gasteiger partial charge is 0.0906 e. The van der Waals surface area contributed by atoms with Gasteiger partial charge in [0.15, 0.2) is 0 Å². The number of fused-ring (bicyclic) bond motifs is 3. The fourth-order valence-corrected chi connectivity index (χ4v) is 5.90. The molecule has 4 atom stereocenters. The zero-order chi connectivity index (χ0) is 24.4. The number of aliphatic hydroxyl groups excluding tert-OH is 1. The summed E-state index contributed by atoms with van der Waals surface area (Å²) in [4.78, 5) is 8.47. The summed E-state index contributed by atoms with van der Waals surface area (Å²) in [6.45, 7) is 8.95. The van der Waals surface area contributed by atoms with Gasteiger partial charge in [0, 0.05) is 54.5 Å². The molecule has 2 aliphatic rings. The number of anilines is 1. The minimum atomic E-state index is -0.447. The Kier molecular flexibility index (Phi) is 7.23. The molecule has 0 radical (unpaired) electrons. The highest BCUT2D eigenvalue weighted by atomic mass is 19.1. The Morgan fingerprint density at radius 1 is 1.14 bits per heavy atom. The quantitative estimate of drug-likeness (QED) is 0.385. The van der Waals surface area contributed by atoms with Crippen LogP contribution in [0, 0.1) is 0 Å². The molecule has 186 valence electrons. The number of aliphatic hydroxyl groups is 1. The van der Waals surface area contributed by atoms with Gasteiger partial charge >= 0.3 is 0 Å². The molecule has 5 nitrogen and oxygen atoms in total. The average Bonchev–Trinajstić information content (AvgIpc) is 3.41. The van der Waals surface area contributed by atoms with Crippen molar-refractivity contribution in [2.45, 2.75) is 50.4 Å². The molecule has 0 unspecified atom stereocenters. The predicted octanol–water partition coefficient (Wildman–Crippen LogP) is 4.90. The van der Waals surface area contributed by atoms with Crippen LogP contribution >= 0.6 is 0 Å². The predicted molar refractivity (Wildman–Crippen MR) is 142 cm³/mol. The Balaban J connectivity index is 1.40. The number of nitrogens with one attached hydrogen (secondary N) is 2. The number of hydrogen-bond donors (Lipinski definition) is 3. The Morgan fingerprint density at radius 2 is 1.94 bits per heavy atom. The van der Waals surface area contributed by atoms with Gasteiger partial charge in [0.25, 0.3) is 0 Å². The second-order valence-corrected chi connectivity index (χ2v) is 10.1. The van der Waals surface area contributed by atoms with E-state index in [1.807, 2.05) is 6.08 Å². The minimum Gasteiger partial charge on any atom is -0.390 e. The van der Waals surface area contributed by atoms with Crippen LogP contribution in [0.5, 0.6) is 0 Å². The van der Waals surface area contributed by atoms with Crippen molar-refractivity contribution in [3.05, 3.63) is 78.0 Å². The molecular formula is C29H37FN4O. The molecule has 1 aromatic heterocycles. The normalized spacial score (nSPS) is 25.1. The zero-order valence-corrected chi connectivity index (χ0v) is 20.6. The van der Waals surface area contributed by atoms with E-state index < -0.39 is 6.10 Å². The lowest BCUT2D eigenvalue weighted by atomic mass is 9.88. The van der Waals surface area contributed by atoms with Gasteiger partial charge in [0.05, 0.1) is 24.9 Å². The number of likely N-dealkylation sites (tertiary alicyclic amines) is 1. The van der Waals surface area contributed by atoms with E-state index in [1.165, 1.54) is 27.7 Å². The van der Waals surface area contributed by atoms with Crippen LogP contribution in [0.4, 0.5) is 10.1 Å². The van der Waals surface area contributed by atoms with E-state index in [2.05, 4.69) is 82.1 Å². The van der Waals surface area contributed by atoms with Crippen LogP contribution in [0.25, 0.3) is 10.9 Å². The minimum absolute atomic E-state index is 0.0421. The van der Waals surface area contributed by atoms with Crippen LogP contribution in [0.1, 0.15) is 42.6 Å². The Labute approximate surface area is 207 Å². The summed E-state index contributed by atoms with van der Waals surface area (Å²) in [5.74, 6) is 0. The highest BCUT2D eigenvalue weighted by Crippen LogP contribution is 2.41. The van der Waals surface area contributed by atoms with Crippen LogP contribution in [0.2, 0.25) is 0 Å². The SMILES string of the molecule is C=CCCN1[C@H](c2ccc(N[C@@H]3CN(CCCF)C[C@@H]3O)cc2)c2[nH]c3ccccc3c2C[C@H]1C. The number of benzene rings is 2. The number of alkyl halides is 1. The van der Waals surface area contributed by atoms with Crippen molar-refractivity contribution in [2.75, 3.05) is 38.2 Å². The number of hydrogen-bond acceptors (Lipinski definition) is 4. The molecule has 3 aromatic rings. The molecule has 35 heavy (non-hydrogen) atoms. The lowest BCUT2D eigenvalue weighted by molar-refractivity contribution is 0.152. The third-order valence-electron chi connectivity index (χ3n) is 7.66. The van der Waals surface area contributed by atoms with E-state index in [1.54, 1.807) is 0 Å². The molecule has 3 heterocycles. The molecule has 0 saturated carbocycles. The number of aromatic nitrogens is 1. The number of para-hydroxylation sites is 1. The lowest BCUT2D eigenvalue weighted by Crippen LogP contribution is -2.43. The number of β-amino-alcohol motifs (C(OH)–C–C–N with tert-alkyl or cyclic N) is 1. The highest BCUT2D eigenvalue weighted by Gasteiger charge is 2.35. The molecule has 1 saturated heterocycles. The van der Waals surface area contributed by atoms with Gasteiger partial charge in [-0.3, -0.25) is 14.2 Å². The van der Waals surface area contributed by atoms with E-state index >= 15 is 0 Å². The molecule has 0 bridgehead atoms. The van der Waals surface area contributed by atoms with Crippen molar-refractivity contribution in [3.63, 3.8) is 0 Å². The molecular weight excluding hydrogens is 439 g/mol. The number of halogens is 1. The lowest BCUT2D eigenvalue weighted by Gasteiger charge is -2.41. The van der Waals surface area contributed by atoms with Crippen molar-refractivity contribution in [2.24, 2.45) is 0 Å². The first-order chi connectivity index (χ1) is 17.1. The maximum atomic E-state index is 12.5. The van der Waals surface area contributed by atoms with Crippen molar-refractivity contribution in [1.29, 1.82) is 0 Å². The van der Waals surface area contributed by atoms with E-state index in [-0.39, 0.29) is 18.8 Å². The van der Waals surface area contributed by atoms with E-state index in [4.69, 9.17) is 0 Å². The second kappa shape index (κ2) is 10.5.